The van der Waals surface area contributed by atoms with Crippen LogP contribution in [0, 0.1) is 6.92 Å². The van der Waals surface area contributed by atoms with Gasteiger partial charge in [0.05, 0.1) is 7.11 Å². The Hall–Kier alpha value is -2.72. The van der Waals surface area contributed by atoms with Crippen LogP contribution < -0.4 is 14.8 Å². The number of nitrogens with zero attached hydrogens (tertiary/aromatic N) is 4. The number of methoxy groups -OCH3 is 1. The first-order valence-corrected chi connectivity index (χ1v) is 11.2. The molecule has 1 aromatic carbocycles. The highest BCUT2D eigenvalue weighted by Gasteiger charge is 2.21. The van der Waals surface area contributed by atoms with Crippen molar-refractivity contribution in [1.82, 2.24) is 20.0 Å². The van der Waals surface area contributed by atoms with E-state index in [1.165, 1.54) is 11.3 Å². The number of amides is 2. The number of para-hydroxylation sites is 2. The molecule has 168 valence electrons. The number of carbonyl (C=O) groups is 2. The van der Waals surface area contributed by atoms with E-state index < -0.39 is 0 Å². The third kappa shape index (κ3) is 7.18. The number of rotatable bonds is 10. The molecule has 1 fully saturated rings. The van der Waals surface area contributed by atoms with Crippen molar-refractivity contribution in [1.29, 1.82) is 0 Å². The summed E-state index contributed by atoms with van der Waals surface area (Å²) in [6.07, 6.45) is 1.19. The SMILES string of the molecule is COc1ccccc1OCCN1CCN(C(=O)CCCC(=O)Nc2nnc(C)s2)CC1. The molecule has 3 rings (SSSR count). The van der Waals surface area contributed by atoms with Crippen LogP contribution in [0.1, 0.15) is 24.3 Å². The van der Waals surface area contributed by atoms with Gasteiger partial charge in [-0.05, 0) is 25.5 Å². The number of aromatic nitrogens is 2. The molecular weight excluding hydrogens is 418 g/mol. The van der Waals surface area contributed by atoms with Crippen molar-refractivity contribution >= 4 is 28.3 Å². The van der Waals surface area contributed by atoms with Crippen LogP contribution in [-0.4, -0.2) is 78.3 Å². The normalized spacial score (nSPS) is 14.3. The van der Waals surface area contributed by atoms with Crippen molar-refractivity contribution in [3.8, 4) is 11.5 Å². The molecule has 0 spiro atoms. The molecule has 1 saturated heterocycles. The number of benzene rings is 1. The van der Waals surface area contributed by atoms with E-state index in [4.69, 9.17) is 9.47 Å². The van der Waals surface area contributed by atoms with E-state index in [0.29, 0.717) is 44.1 Å². The highest BCUT2D eigenvalue weighted by Crippen LogP contribution is 2.25. The van der Waals surface area contributed by atoms with E-state index in [9.17, 15) is 9.59 Å². The molecule has 0 unspecified atom stereocenters. The third-order valence-corrected chi connectivity index (χ3v) is 5.78. The molecule has 2 heterocycles. The molecule has 31 heavy (non-hydrogen) atoms. The molecule has 1 aliphatic heterocycles. The lowest BCUT2D eigenvalue weighted by Gasteiger charge is -2.34. The van der Waals surface area contributed by atoms with Crippen LogP contribution >= 0.6 is 11.3 Å². The Morgan fingerprint density at radius 3 is 2.52 bits per heavy atom. The molecular formula is C21H29N5O4S. The summed E-state index contributed by atoms with van der Waals surface area (Å²) in [5, 5.41) is 11.7. The van der Waals surface area contributed by atoms with Crippen LogP contribution in [0.4, 0.5) is 5.13 Å². The Morgan fingerprint density at radius 1 is 1.10 bits per heavy atom. The smallest absolute Gasteiger partial charge is 0.226 e. The molecule has 10 heteroatoms. The average molecular weight is 448 g/mol. The van der Waals surface area contributed by atoms with Gasteiger partial charge in [0.15, 0.2) is 11.5 Å². The minimum atomic E-state index is -0.135. The van der Waals surface area contributed by atoms with Gasteiger partial charge in [-0.1, -0.05) is 23.5 Å². The maximum atomic E-state index is 12.4. The largest absolute Gasteiger partial charge is 0.493 e. The zero-order valence-electron chi connectivity index (χ0n) is 18.0. The highest BCUT2D eigenvalue weighted by molar-refractivity contribution is 7.15. The molecule has 0 aliphatic carbocycles. The zero-order chi connectivity index (χ0) is 22.1. The summed E-state index contributed by atoms with van der Waals surface area (Å²) >= 11 is 1.34. The number of carbonyl (C=O) groups excluding carboxylic acids is 2. The van der Waals surface area contributed by atoms with Crippen LogP contribution in [0.25, 0.3) is 0 Å². The fourth-order valence-electron chi connectivity index (χ4n) is 3.33. The van der Waals surface area contributed by atoms with Crippen LogP contribution in [0.15, 0.2) is 24.3 Å². The molecule has 0 bridgehead atoms. The van der Waals surface area contributed by atoms with Crippen LogP contribution in [-0.2, 0) is 9.59 Å². The second kappa shape index (κ2) is 11.6. The van der Waals surface area contributed by atoms with Gasteiger partial charge in [-0.15, -0.1) is 10.2 Å². The number of nitrogens with one attached hydrogen (secondary N) is 1. The lowest BCUT2D eigenvalue weighted by Crippen LogP contribution is -2.49. The molecule has 2 aromatic rings. The molecule has 1 aromatic heterocycles. The van der Waals surface area contributed by atoms with Gasteiger partial charge in [-0.25, -0.2) is 0 Å². The third-order valence-electron chi connectivity index (χ3n) is 5.03. The summed E-state index contributed by atoms with van der Waals surface area (Å²) in [6, 6.07) is 7.60. The summed E-state index contributed by atoms with van der Waals surface area (Å²) in [7, 11) is 1.63. The van der Waals surface area contributed by atoms with Gasteiger partial charge in [0.1, 0.15) is 11.6 Å². The van der Waals surface area contributed by atoms with Gasteiger partial charge >= 0.3 is 0 Å². The van der Waals surface area contributed by atoms with E-state index in [1.54, 1.807) is 7.11 Å². The summed E-state index contributed by atoms with van der Waals surface area (Å²) < 4.78 is 11.1. The second-order valence-corrected chi connectivity index (χ2v) is 8.43. The second-order valence-electron chi connectivity index (χ2n) is 7.25. The van der Waals surface area contributed by atoms with Gasteiger partial charge in [0.2, 0.25) is 16.9 Å². The minimum absolute atomic E-state index is 0.101. The summed E-state index contributed by atoms with van der Waals surface area (Å²) in [6.45, 7) is 6.23. The number of hydrogen-bond acceptors (Lipinski definition) is 8. The quantitative estimate of drug-likeness (QED) is 0.596. The fraction of sp³-hybridized carbons (Fsp3) is 0.524. The van der Waals surface area contributed by atoms with Crippen LogP contribution in [0.2, 0.25) is 0 Å². The maximum Gasteiger partial charge on any atom is 0.226 e. The maximum absolute atomic E-state index is 12.4. The molecule has 9 nitrogen and oxygen atoms in total. The summed E-state index contributed by atoms with van der Waals surface area (Å²) in [4.78, 5) is 28.5. The van der Waals surface area contributed by atoms with Crippen molar-refractivity contribution in [3.63, 3.8) is 0 Å². The molecule has 0 atom stereocenters. The fourth-order valence-corrected chi connectivity index (χ4v) is 3.94. The summed E-state index contributed by atoms with van der Waals surface area (Å²) in [5.41, 5.74) is 0. The number of piperazine rings is 1. The van der Waals surface area contributed by atoms with Gasteiger partial charge < -0.3 is 19.7 Å². The predicted molar refractivity (Wildman–Crippen MR) is 119 cm³/mol. The van der Waals surface area contributed by atoms with Gasteiger partial charge in [0.25, 0.3) is 0 Å². The Morgan fingerprint density at radius 2 is 1.84 bits per heavy atom. The lowest BCUT2D eigenvalue weighted by molar-refractivity contribution is -0.133. The minimum Gasteiger partial charge on any atom is -0.493 e. The topological polar surface area (TPSA) is 96.9 Å². The number of aryl methyl sites for hydroxylation is 1. The Kier molecular flexibility index (Phi) is 8.60. The first kappa shape index (κ1) is 23.0. The van der Waals surface area contributed by atoms with Crippen molar-refractivity contribution in [2.24, 2.45) is 0 Å². The Balaban J connectivity index is 1.29. The highest BCUT2D eigenvalue weighted by atomic mass is 32.1. The van der Waals surface area contributed by atoms with Gasteiger partial charge in [-0.2, -0.15) is 0 Å². The summed E-state index contributed by atoms with van der Waals surface area (Å²) in [5.74, 6) is 1.43. The number of hydrogen-bond donors (Lipinski definition) is 1. The standard InChI is InChI=1S/C21H29N5O4S/c1-16-23-24-21(31-16)22-19(27)8-5-9-20(28)26-12-10-25(11-13-26)14-15-30-18-7-4-3-6-17(18)29-2/h3-4,6-7H,5,8-15H2,1-2H3,(H,22,24,27). The lowest BCUT2D eigenvalue weighted by atomic mass is 10.2. The van der Waals surface area contributed by atoms with E-state index in [1.807, 2.05) is 36.1 Å². The van der Waals surface area contributed by atoms with E-state index in [0.717, 1.165) is 36.1 Å². The predicted octanol–water partition coefficient (Wildman–Crippen LogP) is 2.19. The van der Waals surface area contributed by atoms with Crippen molar-refractivity contribution in [2.45, 2.75) is 26.2 Å². The Bertz CT molecular complexity index is 867. The molecule has 0 radical (unpaired) electrons. The molecule has 1 N–H and O–H groups in total. The van der Waals surface area contributed by atoms with Crippen molar-refractivity contribution in [2.75, 3.05) is 51.8 Å². The molecule has 2 amide bonds. The van der Waals surface area contributed by atoms with E-state index in [-0.39, 0.29) is 11.8 Å². The average Bonchev–Trinajstić information content (AvgIpc) is 3.18. The first-order valence-electron chi connectivity index (χ1n) is 10.4. The monoisotopic (exact) mass is 447 g/mol. The van der Waals surface area contributed by atoms with Gasteiger partial charge in [0, 0.05) is 45.6 Å². The first-order chi connectivity index (χ1) is 15.0. The van der Waals surface area contributed by atoms with Gasteiger partial charge in [-0.3, -0.25) is 14.5 Å². The molecule has 0 saturated carbocycles. The van der Waals surface area contributed by atoms with Crippen molar-refractivity contribution < 1.29 is 19.1 Å². The van der Waals surface area contributed by atoms with Crippen molar-refractivity contribution in [3.05, 3.63) is 29.3 Å². The molecule has 1 aliphatic rings. The number of ether oxygens (including phenoxy) is 2. The Labute approximate surface area is 186 Å². The van der Waals surface area contributed by atoms with Crippen LogP contribution in [0.5, 0.6) is 11.5 Å². The number of anilines is 1. The zero-order valence-corrected chi connectivity index (χ0v) is 18.8. The van der Waals surface area contributed by atoms with E-state index in [2.05, 4.69) is 20.4 Å². The van der Waals surface area contributed by atoms with E-state index >= 15 is 0 Å². The van der Waals surface area contributed by atoms with Crippen LogP contribution in [0.3, 0.4) is 0 Å².